The first-order valence-corrected chi connectivity index (χ1v) is 11.1. The predicted molar refractivity (Wildman–Crippen MR) is 122 cm³/mol. The average Bonchev–Trinajstić information content (AvgIpc) is 2.76. The second-order valence-electron chi connectivity index (χ2n) is 7.50. The van der Waals surface area contributed by atoms with Gasteiger partial charge in [0, 0.05) is 44.8 Å². The molecule has 0 unspecified atom stereocenters. The second kappa shape index (κ2) is 10.8. The van der Waals surface area contributed by atoms with Crippen LogP contribution in [0.15, 0.2) is 40.9 Å². The van der Waals surface area contributed by atoms with Crippen molar-refractivity contribution in [3.8, 4) is 11.5 Å². The van der Waals surface area contributed by atoms with E-state index in [1.54, 1.807) is 19.2 Å². The second-order valence-corrected chi connectivity index (χ2v) is 8.36. The molecule has 1 amide bonds. The number of likely N-dealkylation sites (N-methyl/N-ethyl adjacent to an activating group) is 1. The van der Waals surface area contributed by atoms with Crippen LogP contribution in [0.25, 0.3) is 0 Å². The maximum atomic E-state index is 12.6. The standard InChI is InChI=1S/C23H30BrN3O3/c1-4-30-22-20(24)13-19(14-21(22)29-3)23(28)25-15-17-5-7-18(8-6-17)16-27-11-9-26(2)10-12-27/h5-8,13-14H,4,9-12,15-16H2,1-3H3,(H,25,28). The van der Waals surface area contributed by atoms with Gasteiger partial charge in [0.25, 0.3) is 5.91 Å². The summed E-state index contributed by atoms with van der Waals surface area (Å²) >= 11 is 3.46. The molecule has 1 saturated heterocycles. The van der Waals surface area contributed by atoms with E-state index in [9.17, 15) is 4.79 Å². The smallest absolute Gasteiger partial charge is 0.251 e. The molecule has 0 bridgehead atoms. The Morgan fingerprint density at radius 1 is 1.10 bits per heavy atom. The van der Waals surface area contributed by atoms with E-state index in [0.29, 0.717) is 34.7 Å². The van der Waals surface area contributed by atoms with Crippen LogP contribution in [0.5, 0.6) is 11.5 Å². The molecule has 30 heavy (non-hydrogen) atoms. The van der Waals surface area contributed by atoms with Crippen molar-refractivity contribution in [2.75, 3.05) is 46.9 Å². The number of halogens is 1. The minimum atomic E-state index is -0.154. The molecule has 2 aromatic rings. The van der Waals surface area contributed by atoms with Crippen LogP contribution in [0, 0.1) is 0 Å². The minimum Gasteiger partial charge on any atom is -0.493 e. The Morgan fingerprint density at radius 2 is 1.77 bits per heavy atom. The Balaban J connectivity index is 1.56. The van der Waals surface area contributed by atoms with Gasteiger partial charge >= 0.3 is 0 Å². The minimum absolute atomic E-state index is 0.154. The van der Waals surface area contributed by atoms with Crippen LogP contribution in [0.1, 0.15) is 28.4 Å². The normalized spacial score (nSPS) is 15.1. The van der Waals surface area contributed by atoms with Gasteiger partial charge in [-0.3, -0.25) is 9.69 Å². The molecule has 1 fully saturated rings. The molecule has 0 saturated carbocycles. The lowest BCUT2D eigenvalue weighted by Gasteiger charge is -2.32. The van der Waals surface area contributed by atoms with Gasteiger partial charge in [-0.1, -0.05) is 24.3 Å². The topological polar surface area (TPSA) is 54.0 Å². The summed E-state index contributed by atoms with van der Waals surface area (Å²) in [6.45, 7) is 8.33. The van der Waals surface area contributed by atoms with Crippen LogP contribution in [0.4, 0.5) is 0 Å². The number of piperazine rings is 1. The van der Waals surface area contributed by atoms with Crippen LogP contribution in [0.2, 0.25) is 0 Å². The zero-order valence-corrected chi connectivity index (χ0v) is 19.5. The Labute approximate surface area is 187 Å². The number of rotatable bonds is 8. The highest BCUT2D eigenvalue weighted by molar-refractivity contribution is 9.10. The quantitative estimate of drug-likeness (QED) is 0.632. The fourth-order valence-corrected chi connectivity index (χ4v) is 4.00. The maximum Gasteiger partial charge on any atom is 0.251 e. The Hall–Kier alpha value is -2.09. The first kappa shape index (κ1) is 22.6. The number of hydrogen-bond acceptors (Lipinski definition) is 5. The third-order valence-electron chi connectivity index (χ3n) is 5.26. The fraction of sp³-hybridized carbons (Fsp3) is 0.435. The van der Waals surface area contributed by atoms with Gasteiger partial charge < -0.3 is 19.7 Å². The van der Waals surface area contributed by atoms with E-state index in [1.807, 2.05) is 6.92 Å². The summed E-state index contributed by atoms with van der Waals surface area (Å²) in [5.41, 5.74) is 2.89. The third kappa shape index (κ3) is 5.97. The van der Waals surface area contributed by atoms with Gasteiger partial charge in [0.2, 0.25) is 0 Å². The molecule has 0 radical (unpaired) electrons. The van der Waals surface area contributed by atoms with Crippen molar-refractivity contribution in [1.82, 2.24) is 15.1 Å². The molecule has 1 aliphatic heterocycles. The van der Waals surface area contributed by atoms with E-state index < -0.39 is 0 Å². The van der Waals surface area contributed by atoms with Gasteiger partial charge in [0.05, 0.1) is 18.2 Å². The van der Waals surface area contributed by atoms with E-state index in [2.05, 4.69) is 62.4 Å². The zero-order chi connectivity index (χ0) is 21.5. The summed E-state index contributed by atoms with van der Waals surface area (Å²) in [5.74, 6) is 0.982. The number of nitrogens with one attached hydrogen (secondary N) is 1. The highest BCUT2D eigenvalue weighted by Crippen LogP contribution is 2.36. The molecule has 0 aliphatic carbocycles. The molecule has 2 aromatic carbocycles. The van der Waals surface area contributed by atoms with Crippen molar-refractivity contribution >= 4 is 21.8 Å². The third-order valence-corrected chi connectivity index (χ3v) is 5.85. The van der Waals surface area contributed by atoms with Crippen LogP contribution in [-0.4, -0.2) is 62.7 Å². The van der Waals surface area contributed by atoms with E-state index in [1.165, 1.54) is 5.56 Å². The zero-order valence-electron chi connectivity index (χ0n) is 17.9. The van der Waals surface area contributed by atoms with Gasteiger partial charge in [-0.25, -0.2) is 0 Å². The summed E-state index contributed by atoms with van der Waals surface area (Å²) in [7, 11) is 3.73. The molecule has 1 heterocycles. The first-order chi connectivity index (χ1) is 14.5. The number of carbonyl (C=O) groups is 1. The Morgan fingerprint density at radius 3 is 2.40 bits per heavy atom. The van der Waals surface area contributed by atoms with Gasteiger partial charge in [-0.05, 0) is 53.2 Å². The molecule has 7 heteroatoms. The summed E-state index contributed by atoms with van der Waals surface area (Å²) in [6.07, 6.45) is 0. The molecule has 0 spiro atoms. The predicted octanol–water partition coefficient (Wildman–Crippen LogP) is 3.53. The van der Waals surface area contributed by atoms with Crippen LogP contribution < -0.4 is 14.8 Å². The van der Waals surface area contributed by atoms with E-state index in [0.717, 1.165) is 38.3 Å². The number of ether oxygens (including phenoxy) is 2. The van der Waals surface area contributed by atoms with Gasteiger partial charge in [0.15, 0.2) is 11.5 Å². The van der Waals surface area contributed by atoms with E-state index in [-0.39, 0.29) is 5.91 Å². The molecular formula is C23H30BrN3O3. The molecule has 1 N–H and O–H groups in total. The molecule has 0 aromatic heterocycles. The van der Waals surface area contributed by atoms with E-state index >= 15 is 0 Å². The molecular weight excluding hydrogens is 446 g/mol. The lowest BCUT2D eigenvalue weighted by Crippen LogP contribution is -2.43. The lowest BCUT2D eigenvalue weighted by molar-refractivity contribution is 0.0950. The van der Waals surface area contributed by atoms with Crippen molar-refractivity contribution in [2.24, 2.45) is 0 Å². The molecule has 162 valence electrons. The van der Waals surface area contributed by atoms with Crippen molar-refractivity contribution in [3.63, 3.8) is 0 Å². The summed E-state index contributed by atoms with van der Waals surface area (Å²) in [6, 6.07) is 11.9. The van der Waals surface area contributed by atoms with Crippen molar-refractivity contribution in [2.45, 2.75) is 20.0 Å². The maximum absolute atomic E-state index is 12.6. The van der Waals surface area contributed by atoms with Crippen LogP contribution in [-0.2, 0) is 13.1 Å². The number of benzene rings is 2. The Bertz CT molecular complexity index is 850. The first-order valence-electron chi connectivity index (χ1n) is 10.3. The molecule has 3 rings (SSSR count). The lowest BCUT2D eigenvalue weighted by atomic mass is 10.1. The van der Waals surface area contributed by atoms with Crippen molar-refractivity contribution < 1.29 is 14.3 Å². The number of carbonyl (C=O) groups excluding carboxylic acids is 1. The molecule has 6 nitrogen and oxygen atoms in total. The monoisotopic (exact) mass is 475 g/mol. The van der Waals surface area contributed by atoms with Gasteiger partial charge in [-0.2, -0.15) is 0 Å². The highest BCUT2D eigenvalue weighted by Gasteiger charge is 2.16. The number of amides is 1. The van der Waals surface area contributed by atoms with E-state index in [4.69, 9.17) is 9.47 Å². The summed E-state index contributed by atoms with van der Waals surface area (Å²) < 4.78 is 11.7. The number of methoxy groups -OCH3 is 1. The summed E-state index contributed by atoms with van der Waals surface area (Å²) in [5, 5.41) is 2.98. The average molecular weight is 476 g/mol. The van der Waals surface area contributed by atoms with Crippen molar-refractivity contribution in [1.29, 1.82) is 0 Å². The number of nitrogens with zero attached hydrogens (tertiary/aromatic N) is 2. The molecule has 1 aliphatic rings. The van der Waals surface area contributed by atoms with Crippen LogP contribution >= 0.6 is 15.9 Å². The SMILES string of the molecule is CCOc1c(Br)cc(C(=O)NCc2ccc(CN3CCN(C)CC3)cc2)cc1OC. The van der Waals surface area contributed by atoms with Gasteiger partial charge in [-0.15, -0.1) is 0 Å². The fourth-order valence-electron chi connectivity index (χ4n) is 3.45. The van der Waals surface area contributed by atoms with Gasteiger partial charge in [0.1, 0.15) is 0 Å². The highest BCUT2D eigenvalue weighted by atomic mass is 79.9. The van der Waals surface area contributed by atoms with Crippen LogP contribution in [0.3, 0.4) is 0 Å². The largest absolute Gasteiger partial charge is 0.493 e. The van der Waals surface area contributed by atoms with Crippen molar-refractivity contribution in [3.05, 3.63) is 57.6 Å². The molecule has 0 atom stereocenters. The number of hydrogen-bond donors (Lipinski definition) is 1. The summed E-state index contributed by atoms with van der Waals surface area (Å²) in [4.78, 5) is 17.5. The Kier molecular flexibility index (Phi) is 8.13.